The highest BCUT2D eigenvalue weighted by Gasteiger charge is 2.35. The van der Waals surface area contributed by atoms with Crippen molar-refractivity contribution < 1.29 is 28.9 Å². The molecule has 42 heavy (non-hydrogen) atoms. The van der Waals surface area contributed by atoms with Crippen molar-refractivity contribution in [1.82, 2.24) is 29.0 Å². The van der Waals surface area contributed by atoms with Gasteiger partial charge in [0.15, 0.2) is 0 Å². The molecule has 1 fully saturated rings. The molecule has 1 unspecified atom stereocenters. The van der Waals surface area contributed by atoms with Crippen molar-refractivity contribution in [2.75, 3.05) is 33.9 Å². The number of hydrogen-bond acceptors (Lipinski definition) is 10. The Hall–Kier alpha value is -3.92. The van der Waals surface area contributed by atoms with Crippen LogP contribution in [0.1, 0.15) is 36.1 Å². The summed E-state index contributed by atoms with van der Waals surface area (Å²) in [6, 6.07) is 2.91. The molecule has 4 heterocycles. The van der Waals surface area contributed by atoms with Crippen LogP contribution >= 0.6 is 11.3 Å². The molecule has 0 aliphatic carbocycles. The van der Waals surface area contributed by atoms with E-state index < -0.39 is 41.9 Å². The summed E-state index contributed by atoms with van der Waals surface area (Å²) in [5.74, 6) is -0.603. The molecule has 1 aliphatic rings. The van der Waals surface area contributed by atoms with E-state index >= 15 is 0 Å². The molecule has 1 amide bonds. The predicted molar refractivity (Wildman–Crippen MR) is 151 cm³/mol. The third-order valence-corrected chi connectivity index (χ3v) is 8.68. The molecule has 0 bridgehead atoms. The van der Waals surface area contributed by atoms with Crippen LogP contribution in [0.25, 0.3) is 15.2 Å². The Bertz CT molecular complexity index is 1720. The summed E-state index contributed by atoms with van der Waals surface area (Å²) in [5.41, 5.74) is -0.488. The van der Waals surface area contributed by atoms with E-state index in [0.29, 0.717) is 33.3 Å². The number of methoxy groups -OCH3 is 1. The molecule has 2 N–H and O–H groups in total. The number of fused-ring (bicyclic) bond motifs is 1. The Morgan fingerprint density at radius 3 is 2.60 bits per heavy atom. The van der Waals surface area contributed by atoms with E-state index in [1.807, 2.05) is 0 Å². The maximum absolute atomic E-state index is 14.5. The van der Waals surface area contributed by atoms with Crippen LogP contribution < -0.4 is 16.0 Å². The third kappa shape index (κ3) is 5.35. The first-order chi connectivity index (χ1) is 20.2. The smallest absolute Gasteiger partial charge is 0.332 e. The Kier molecular flexibility index (Phi) is 8.54. The summed E-state index contributed by atoms with van der Waals surface area (Å²) in [6.07, 6.45) is 1.31. The number of aryl methyl sites for hydroxylation is 1. The van der Waals surface area contributed by atoms with Crippen LogP contribution in [0.5, 0.6) is 5.75 Å². The number of aliphatic hydroxyl groups excluding tert-OH is 2. The van der Waals surface area contributed by atoms with Gasteiger partial charge in [0.2, 0.25) is 5.91 Å². The number of ether oxygens (including phenoxy) is 2. The predicted octanol–water partition coefficient (Wildman–Crippen LogP) is 1.17. The largest absolute Gasteiger partial charge is 0.496 e. The lowest BCUT2D eigenvalue weighted by atomic mass is 10.1. The minimum atomic E-state index is -1.04. The number of carbonyl (C=O) groups is 1. The quantitative estimate of drug-likeness (QED) is 0.258. The van der Waals surface area contributed by atoms with Crippen LogP contribution in [0, 0.1) is 12.7 Å². The molecule has 4 aromatic rings. The van der Waals surface area contributed by atoms with Gasteiger partial charge in [-0.2, -0.15) is 10.2 Å². The van der Waals surface area contributed by atoms with E-state index in [-0.39, 0.29) is 37.3 Å². The number of aliphatic hydroxyl groups is 2. The summed E-state index contributed by atoms with van der Waals surface area (Å²) in [6.45, 7) is 1.41. The zero-order chi connectivity index (χ0) is 30.1. The first kappa shape index (κ1) is 29.6. The van der Waals surface area contributed by atoms with E-state index in [2.05, 4.69) is 10.2 Å². The molecule has 224 valence electrons. The maximum atomic E-state index is 14.5. The highest BCUT2D eigenvalue weighted by molar-refractivity contribution is 7.21. The van der Waals surface area contributed by atoms with Crippen molar-refractivity contribution in [3.05, 3.63) is 68.4 Å². The number of rotatable bonds is 11. The van der Waals surface area contributed by atoms with Gasteiger partial charge in [-0.3, -0.25) is 14.2 Å². The number of nitrogens with zero attached hydrogens (tertiary/aromatic N) is 6. The maximum Gasteiger partial charge on any atom is 0.332 e. The van der Waals surface area contributed by atoms with Crippen LogP contribution in [0.2, 0.25) is 0 Å². The molecule has 5 rings (SSSR count). The number of hydrogen-bond donors (Lipinski definition) is 2. The van der Waals surface area contributed by atoms with Gasteiger partial charge in [-0.25, -0.2) is 13.8 Å². The van der Waals surface area contributed by atoms with Crippen molar-refractivity contribution in [1.29, 1.82) is 0 Å². The Morgan fingerprint density at radius 2 is 1.95 bits per heavy atom. The van der Waals surface area contributed by atoms with Gasteiger partial charge in [0.25, 0.3) is 5.56 Å². The SMILES string of the molecule is COc1ccc(F)cc1[C@H](Cn1c(=O)n([C@@H]2CCN(C)C2=O)c(=O)c2c(C)c(-n3nccn3)sc21)OCCC(O)CO. The number of thiophene rings is 1. The average Bonchev–Trinajstić information content (AvgIpc) is 3.70. The van der Waals surface area contributed by atoms with E-state index in [1.165, 1.54) is 52.0 Å². The standard InChI is InChI=1S/C27H31FN6O7S/c1-15-22-24(38)33(19-6-10-31(2)23(19)37)27(39)32(26(22)42-25(15)34-29-8-9-30-34)13-21(41-11-7-17(36)14-35)18-12-16(28)4-5-20(18)40-3/h4-5,8-9,12,17,19,21,35-36H,6-7,10-11,13-14H2,1-3H3/t17?,19-,21+/m1/s1. The molecule has 3 aromatic heterocycles. The van der Waals surface area contributed by atoms with Gasteiger partial charge >= 0.3 is 5.69 Å². The first-order valence-corrected chi connectivity index (χ1v) is 14.1. The monoisotopic (exact) mass is 602 g/mol. The number of aromatic nitrogens is 5. The number of likely N-dealkylation sites (N-methyl/N-ethyl adjacent to an activating group) is 1. The number of amides is 1. The minimum absolute atomic E-state index is 0.0403. The Balaban J connectivity index is 1.72. The highest BCUT2D eigenvalue weighted by Crippen LogP contribution is 2.34. The molecule has 1 saturated heterocycles. The van der Waals surface area contributed by atoms with Crippen LogP contribution in [0.3, 0.4) is 0 Å². The molecule has 15 heteroatoms. The molecule has 0 radical (unpaired) electrons. The van der Waals surface area contributed by atoms with E-state index in [1.54, 1.807) is 14.0 Å². The second-order valence-electron chi connectivity index (χ2n) is 10.0. The van der Waals surface area contributed by atoms with Crippen LogP contribution in [-0.2, 0) is 16.1 Å². The lowest BCUT2D eigenvalue weighted by molar-refractivity contribution is -0.129. The van der Waals surface area contributed by atoms with Gasteiger partial charge in [0, 0.05) is 24.7 Å². The molecule has 13 nitrogen and oxygen atoms in total. The summed E-state index contributed by atoms with van der Waals surface area (Å²) in [5, 5.41) is 28.2. The highest BCUT2D eigenvalue weighted by atomic mass is 32.1. The lowest BCUT2D eigenvalue weighted by Crippen LogP contribution is -2.44. The van der Waals surface area contributed by atoms with Crippen molar-refractivity contribution in [2.24, 2.45) is 0 Å². The van der Waals surface area contributed by atoms with Gasteiger partial charge in [0.05, 0.1) is 50.8 Å². The Labute approximate surface area is 242 Å². The molecule has 0 spiro atoms. The fourth-order valence-electron chi connectivity index (χ4n) is 5.14. The fraction of sp³-hybridized carbons (Fsp3) is 0.444. The Morgan fingerprint density at radius 1 is 1.21 bits per heavy atom. The van der Waals surface area contributed by atoms with Gasteiger partial charge in [0.1, 0.15) is 33.5 Å². The van der Waals surface area contributed by atoms with Crippen LogP contribution in [-0.4, -0.2) is 85.2 Å². The van der Waals surface area contributed by atoms with Gasteiger partial charge < -0.3 is 24.6 Å². The second-order valence-corrected chi connectivity index (χ2v) is 11.0. The summed E-state index contributed by atoms with van der Waals surface area (Å²) >= 11 is 1.13. The molecule has 0 saturated carbocycles. The number of halogens is 1. The zero-order valence-corrected chi connectivity index (χ0v) is 24.1. The molecule has 1 aromatic carbocycles. The number of benzene rings is 1. The van der Waals surface area contributed by atoms with Crippen molar-refractivity contribution >= 4 is 27.5 Å². The zero-order valence-electron chi connectivity index (χ0n) is 23.3. The summed E-state index contributed by atoms with van der Waals surface area (Å²) in [4.78, 5) is 44.2. The third-order valence-electron chi connectivity index (χ3n) is 7.40. The van der Waals surface area contributed by atoms with Crippen LogP contribution in [0.15, 0.2) is 40.2 Å². The second kappa shape index (κ2) is 12.1. The normalized spacial score (nSPS) is 16.9. The molecular formula is C27H31FN6O7S. The van der Waals surface area contributed by atoms with Gasteiger partial charge in [-0.05, 0) is 38.0 Å². The minimum Gasteiger partial charge on any atom is -0.496 e. The summed E-state index contributed by atoms with van der Waals surface area (Å²) < 4.78 is 28.4. The van der Waals surface area contributed by atoms with E-state index in [0.717, 1.165) is 15.9 Å². The van der Waals surface area contributed by atoms with E-state index in [4.69, 9.17) is 9.47 Å². The number of likely N-dealkylation sites (tertiary alicyclic amines) is 1. The lowest BCUT2D eigenvalue weighted by Gasteiger charge is -2.23. The van der Waals surface area contributed by atoms with Crippen molar-refractivity contribution in [3.8, 4) is 10.8 Å². The van der Waals surface area contributed by atoms with Crippen molar-refractivity contribution in [3.63, 3.8) is 0 Å². The van der Waals surface area contributed by atoms with Gasteiger partial charge in [-0.1, -0.05) is 11.3 Å². The number of carbonyl (C=O) groups excluding carboxylic acids is 1. The molecule has 3 atom stereocenters. The fourth-order valence-corrected chi connectivity index (χ4v) is 6.36. The first-order valence-electron chi connectivity index (χ1n) is 13.3. The molecular weight excluding hydrogens is 571 g/mol. The average molecular weight is 603 g/mol. The topological polar surface area (TPSA) is 154 Å². The van der Waals surface area contributed by atoms with Crippen molar-refractivity contribution in [2.45, 2.75) is 44.6 Å². The molecule has 1 aliphatic heterocycles. The van der Waals surface area contributed by atoms with E-state index in [9.17, 15) is 29.0 Å². The van der Waals surface area contributed by atoms with Gasteiger partial charge in [-0.15, -0.1) is 4.80 Å². The van der Waals surface area contributed by atoms with Crippen LogP contribution in [0.4, 0.5) is 4.39 Å². The summed E-state index contributed by atoms with van der Waals surface area (Å²) in [7, 11) is 3.03.